The highest BCUT2D eigenvalue weighted by Gasteiger charge is 2.06. The summed E-state index contributed by atoms with van der Waals surface area (Å²) in [5.41, 5.74) is 2.30. The van der Waals surface area contributed by atoms with Gasteiger partial charge in [-0.1, -0.05) is 26.0 Å². The minimum Gasteiger partial charge on any atom is -0.494 e. The number of pyridine rings is 1. The predicted octanol–water partition coefficient (Wildman–Crippen LogP) is 4.52. The Kier molecular flexibility index (Phi) is 6.13. The normalized spacial score (nSPS) is 10.7. The number of hydrogen-bond acceptors (Lipinski definition) is 3. The maximum Gasteiger partial charge on any atom is 0.135 e. The van der Waals surface area contributed by atoms with Gasteiger partial charge >= 0.3 is 0 Å². The highest BCUT2D eigenvalue weighted by atomic mass is 16.5. The first-order valence-electron chi connectivity index (χ1n) is 7.83. The zero-order valence-corrected chi connectivity index (χ0v) is 13.3. The molecule has 0 bridgehead atoms. The van der Waals surface area contributed by atoms with Crippen molar-refractivity contribution in [2.24, 2.45) is 5.92 Å². The van der Waals surface area contributed by atoms with Gasteiger partial charge in [0.2, 0.25) is 0 Å². The fourth-order valence-corrected chi connectivity index (χ4v) is 2.17. The van der Waals surface area contributed by atoms with Crippen molar-refractivity contribution in [3.8, 4) is 16.9 Å². The number of ketones is 1. The second-order valence-electron chi connectivity index (χ2n) is 5.69. The van der Waals surface area contributed by atoms with Crippen LogP contribution in [-0.4, -0.2) is 17.4 Å². The smallest absolute Gasteiger partial charge is 0.135 e. The third-order valence-electron chi connectivity index (χ3n) is 3.60. The number of unbranched alkanes of at least 4 members (excludes halogenated alkanes) is 1. The van der Waals surface area contributed by atoms with Gasteiger partial charge in [-0.25, -0.2) is 0 Å². The number of benzene rings is 1. The summed E-state index contributed by atoms with van der Waals surface area (Å²) in [6.07, 6.45) is 6.04. The summed E-state index contributed by atoms with van der Waals surface area (Å²) in [7, 11) is 0. The SMILES string of the molecule is CC(C)C(=O)CCCCOc1ccc(-c2ccncc2)cc1. The molecular weight excluding hydrogens is 274 g/mol. The van der Waals surface area contributed by atoms with Gasteiger partial charge in [0.05, 0.1) is 6.61 Å². The molecule has 3 heteroatoms. The molecule has 0 aliphatic heterocycles. The lowest BCUT2D eigenvalue weighted by molar-refractivity contribution is -0.122. The molecule has 0 unspecified atom stereocenters. The van der Waals surface area contributed by atoms with Crippen LogP contribution in [0.25, 0.3) is 11.1 Å². The zero-order valence-electron chi connectivity index (χ0n) is 13.3. The number of hydrogen-bond donors (Lipinski definition) is 0. The van der Waals surface area contributed by atoms with Gasteiger partial charge in [-0.15, -0.1) is 0 Å². The fourth-order valence-electron chi connectivity index (χ4n) is 2.17. The van der Waals surface area contributed by atoms with Gasteiger partial charge in [-0.2, -0.15) is 0 Å². The number of Topliss-reactive ketones (excluding diaryl/α,β-unsaturated/α-hetero) is 1. The van der Waals surface area contributed by atoms with E-state index in [9.17, 15) is 4.79 Å². The molecule has 1 heterocycles. The summed E-state index contributed by atoms with van der Waals surface area (Å²) in [5, 5.41) is 0. The molecule has 3 nitrogen and oxygen atoms in total. The van der Waals surface area contributed by atoms with Crippen molar-refractivity contribution in [3.05, 3.63) is 48.8 Å². The molecule has 0 fully saturated rings. The Morgan fingerprint density at radius 2 is 1.64 bits per heavy atom. The molecular formula is C19H23NO2. The minimum atomic E-state index is 0.140. The quantitative estimate of drug-likeness (QED) is 0.672. The molecule has 0 aliphatic carbocycles. The van der Waals surface area contributed by atoms with Crippen LogP contribution in [0.5, 0.6) is 5.75 Å². The molecule has 22 heavy (non-hydrogen) atoms. The van der Waals surface area contributed by atoms with Crippen molar-refractivity contribution >= 4 is 5.78 Å². The van der Waals surface area contributed by atoms with Crippen molar-refractivity contribution < 1.29 is 9.53 Å². The lowest BCUT2D eigenvalue weighted by Gasteiger charge is -2.08. The second-order valence-corrected chi connectivity index (χ2v) is 5.69. The Morgan fingerprint density at radius 1 is 1.00 bits per heavy atom. The van der Waals surface area contributed by atoms with Crippen LogP contribution in [0.2, 0.25) is 0 Å². The van der Waals surface area contributed by atoms with Gasteiger partial charge in [0.25, 0.3) is 0 Å². The largest absolute Gasteiger partial charge is 0.494 e. The van der Waals surface area contributed by atoms with Gasteiger partial charge in [0.15, 0.2) is 0 Å². The number of rotatable bonds is 8. The van der Waals surface area contributed by atoms with E-state index in [1.165, 1.54) is 0 Å². The van der Waals surface area contributed by atoms with Crippen molar-refractivity contribution in [2.75, 3.05) is 6.61 Å². The van der Waals surface area contributed by atoms with E-state index in [0.717, 1.165) is 29.7 Å². The average molecular weight is 297 g/mol. The lowest BCUT2D eigenvalue weighted by atomic mass is 10.0. The second kappa shape index (κ2) is 8.32. The maximum absolute atomic E-state index is 11.5. The Morgan fingerprint density at radius 3 is 2.27 bits per heavy atom. The van der Waals surface area contributed by atoms with Crippen molar-refractivity contribution in [2.45, 2.75) is 33.1 Å². The fraction of sp³-hybridized carbons (Fsp3) is 0.368. The zero-order chi connectivity index (χ0) is 15.8. The monoisotopic (exact) mass is 297 g/mol. The molecule has 0 radical (unpaired) electrons. The molecule has 0 saturated carbocycles. The summed E-state index contributed by atoms with van der Waals surface area (Å²) in [6.45, 7) is 4.55. The summed E-state index contributed by atoms with van der Waals surface area (Å²) in [4.78, 5) is 15.5. The van der Waals surface area contributed by atoms with Gasteiger partial charge in [0, 0.05) is 24.7 Å². The number of ether oxygens (including phenoxy) is 1. The van der Waals surface area contributed by atoms with E-state index in [0.29, 0.717) is 18.8 Å². The molecule has 2 rings (SSSR count). The van der Waals surface area contributed by atoms with Crippen LogP contribution in [0.4, 0.5) is 0 Å². The molecule has 116 valence electrons. The molecule has 1 aromatic carbocycles. The van der Waals surface area contributed by atoms with Crippen LogP contribution in [0.3, 0.4) is 0 Å². The van der Waals surface area contributed by atoms with E-state index in [-0.39, 0.29) is 5.92 Å². The van der Waals surface area contributed by atoms with Crippen LogP contribution in [0, 0.1) is 5.92 Å². The molecule has 1 aromatic heterocycles. The van der Waals surface area contributed by atoms with E-state index in [2.05, 4.69) is 4.98 Å². The number of aromatic nitrogens is 1. The molecule has 0 saturated heterocycles. The Balaban J connectivity index is 1.74. The van der Waals surface area contributed by atoms with E-state index in [4.69, 9.17) is 4.74 Å². The first-order chi connectivity index (χ1) is 10.7. The molecule has 0 aliphatic rings. The highest BCUT2D eigenvalue weighted by molar-refractivity contribution is 5.80. The van der Waals surface area contributed by atoms with Crippen LogP contribution < -0.4 is 4.74 Å². The maximum atomic E-state index is 11.5. The molecule has 0 spiro atoms. The molecule has 0 amide bonds. The Hall–Kier alpha value is -2.16. The van der Waals surface area contributed by atoms with Crippen LogP contribution in [0.15, 0.2) is 48.8 Å². The molecule has 2 aromatic rings. The van der Waals surface area contributed by atoms with Crippen molar-refractivity contribution in [1.29, 1.82) is 0 Å². The summed E-state index contributed by atoms with van der Waals surface area (Å²) >= 11 is 0. The minimum absolute atomic E-state index is 0.140. The summed E-state index contributed by atoms with van der Waals surface area (Å²) in [5.74, 6) is 1.34. The van der Waals surface area contributed by atoms with Crippen molar-refractivity contribution in [3.63, 3.8) is 0 Å². The highest BCUT2D eigenvalue weighted by Crippen LogP contribution is 2.21. The number of nitrogens with zero attached hydrogens (tertiary/aromatic N) is 1. The average Bonchev–Trinajstić information content (AvgIpc) is 2.55. The third kappa shape index (κ3) is 4.99. The molecule has 0 atom stereocenters. The summed E-state index contributed by atoms with van der Waals surface area (Å²) in [6, 6.07) is 12.0. The van der Waals surface area contributed by atoms with Gasteiger partial charge in [-0.05, 0) is 48.2 Å². The van der Waals surface area contributed by atoms with E-state index < -0.39 is 0 Å². The first kappa shape index (κ1) is 16.2. The lowest BCUT2D eigenvalue weighted by Crippen LogP contribution is -2.07. The first-order valence-corrected chi connectivity index (χ1v) is 7.83. The van der Waals surface area contributed by atoms with Gasteiger partial charge in [0.1, 0.15) is 11.5 Å². The Labute approximate surface area is 132 Å². The molecule has 0 N–H and O–H groups in total. The number of carbonyl (C=O) groups excluding carboxylic acids is 1. The predicted molar refractivity (Wildman–Crippen MR) is 88.9 cm³/mol. The summed E-state index contributed by atoms with van der Waals surface area (Å²) < 4.78 is 5.72. The van der Waals surface area contributed by atoms with Crippen LogP contribution in [0.1, 0.15) is 33.1 Å². The van der Waals surface area contributed by atoms with E-state index in [1.54, 1.807) is 12.4 Å². The van der Waals surface area contributed by atoms with Gasteiger partial charge < -0.3 is 4.74 Å². The third-order valence-corrected chi connectivity index (χ3v) is 3.60. The van der Waals surface area contributed by atoms with Crippen molar-refractivity contribution in [1.82, 2.24) is 4.98 Å². The standard InChI is InChI=1S/C19H23NO2/c1-15(2)19(21)5-3-4-14-22-18-8-6-16(7-9-18)17-10-12-20-13-11-17/h6-13,15H,3-5,14H2,1-2H3. The van der Waals surface area contributed by atoms with E-state index >= 15 is 0 Å². The van der Waals surface area contributed by atoms with Crippen LogP contribution >= 0.6 is 0 Å². The van der Waals surface area contributed by atoms with E-state index in [1.807, 2.05) is 50.2 Å². The van der Waals surface area contributed by atoms with Crippen LogP contribution in [-0.2, 0) is 4.79 Å². The van der Waals surface area contributed by atoms with Gasteiger partial charge in [-0.3, -0.25) is 9.78 Å². The Bertz CT molecular complexity index is 576. The number of carbonyl (C=O) groups is 1. The topological polar surface area (TPSA) is 39.2 Å².